The zero-order valence-corrected chi connectivity index (χ0v) is 10.2. The Bertz CT molecular complexity index is 486. The minimum atomic E-state index is -0.716. The minimum absolute atomic E-state index is 0.602. The number of aliphatic hydroxyl groups is 1. The third-order valence-electron chi connectivity index (χ3n) is 2.61. The van der Waals surface area contributed by atoms with Gasteiger partial charge in [-0.15, -0.1) is 0 Å². The van der Waals surface area contributed by atoms with Crippen LogP contribution in [0.2, 0.25) is 0 Å². The van der Waals surface area contributed by atoms with E-state index in [0.29, 0.717) is 6.42 Å². The molecule has 0 aliphatic rings. The van der Waals surface area contributed by atoms with Crippen LogP contribution >= 0.6 is 0 Å². The van der Waals surface area contributed by atoms with Gasteiger partial charge in [0.1, 0.15) is 0 Å². The van der Waals surface area contributed by atoms with Crippen LogP contribution in [-0.4, -0.2) is 15.7 Å². The van der Waals surface area contributed by atoms with Crippen LogP contribution in [0.3, 0.4) is 0 Å². The van der Waals surface area contributed by atoms with Crippen molar-refractivity contribution in [1.29, 1.82) is 0 Å². The van der Waals surface area contributed by atoms with Gasteiger partial charge < -0.3 is 5.11 Å². The van der Waals surface area contributed by atoms with Crippen molar-refractivity contribution in [3.05, 3.63) is 54.4 Å². The molecule has 2 nitrogen and oxygen atoms in total. The Kier molecular flexibility index (Phi) is 3.25. The molecule has 1 N–H and O–H groups in total. The molecule has 1 aromatic carbocycles. The van der Waals surface area contributed by atoms with Crippen molar-refractivity contribution in [1.82, 2.24) is 4.98 Å². The van der Waals surface area contributed by atoms with Crippen LogP contribution in [0, 0.1) is 0 Å². The Morgan fingerprint density at radius 2 is 1.82 bits per heavy atom. The standard InChI is InChI=1S/C15H17NO/c1-15(2,17)10-13-11-16-9-8-14(13)12-6-4-3-5-7-12/h3-9,11,17H,10H2,1-2H3. The highest BCUT2D eigenvalue weighted by molar-refractivity contribution is 5.66. The van der Waals surface area contributed by atoms with Crippen LogP contribution in [0.15, 0.2) is 48.8 Å². The van der Waals surface area contributed by atoms with Crippen LogP contribution < -0.4 is 0 Å². The van der Waals surface area contributed by atoms with Gasteiger partial charge in [-0.1, -0.05) is 30.3 Å². The summed E-state index contributed by atoms with van der Waals surface area (Å²) < 4.78 is 0. The van der Waals surface area contributed by atoms with Gasteiger partial charge in [0.2, 0.25) is 0 Å². The average Bonchev–Trinajstić information content (AvgIpc) is 2.29. The summed E-state index contributed by atoms with van der Waals surface area (Å²) in [6, 6.07) is 12.2. The number of rotatable bonds is 3. The molecule has 0 amide bonds. The maximum Gasteiger partial charge on any atom is 0.0632 e. The number of aromatic nitrogens is 1. The van der Waals surface area contributed by atoms with E-state index in [0.717, 1.165) is 16.7 Å². The lowest BCUT2D eigenvalue weighted by Crippen LogP contribution is -2.22. The zero-order chi connectivity index (χ0) is 12.3. The van der Waals surface area contributed by atoms with E-state index < -0.39 is 5.60 Å². The summed E-state index contributed by atoms with van der Waals surface area (Å²) in [4.78, 5) is 4.14. The predicted molar refractivity (Wildman–Crippen MR) is 69.7 cm³/mol. The number of nitrogens with zero attached hydrogens (tertiary/aromatic N) is 1. The summed E-state index contributed by atoms with van der Waals surface area (Å²) in [7, 11) is 0. The van der Waals surface area contributed by atoms with Gasteiger partial charge in [-0.25, -0.2) is 0 Å². The third-order valence-corrected chi connectivity index (χ3v) is 2.61. The summed E-state index contributed by atoms with van der Waals surface area (Å²) in [5.41, 5.74) is 2.66. The molecular formula is C15H17NO. The Hall–Kier alpha value is -1.67. The largest absolute Gasteiger partial charge is 0.390 e. The number of hydrogen-bond donors (Lipinski definition) is 1. The molecule has 0 aliphatic heterocycles. The third kappa shape index (κ3) is 3.14. The van der Waals surface area contributed by atoms with E-state index in [1.54, 1.807) is 6.20 Å². The fourth-order valence-corrected chi connectivity index (χ4v) is 1.93. The highest BCUT2D eigenvalue weighted by Crippen LogP contribution is 2.25. The van der Waals surface area contributed by atoms with Crippen molar-refractivity contribution in [3.8, 4) is 11.1 Å². The molecule has 0 unspecified atom stereocenters. The summed E-state index contributed by atoms with van der Waals surface area (Å²) in [6.45, 7) is 3.63. The van der Waals surface area contributed by atoms with Crippen LogP contribution in [0.5, 0.6) is 0 Å². The van der Waals surface area contributed by atoms with Gasteiger partial charge >= 0.3 is 0 Å². The molecule has 2 heteroatoms. The molecule has 0 radical (unpaired) electrons. The maximum absolute atomic E-state index is 9.91. The van der Waals surface area contributed by atoms with E-state index >= 15 is 0 Å². The first-order valence-corrected chi connectivity index (χ1v) is 5.77. The van der Waals surface area contributed by atoms with Crippen LogP contribution in [0.4, 0.5) is 0 Å². The van der Waals surface area contributed by atoms with Crippen LogP contribution in [0.25, 0.3) is 11.1 Å². The molecule has 0 fully saturated rings. The van der Waals surface area contributed by atoms with Crippen molar-refractivity contribution in [2.24, 2.45) is 0 Å². The van der Waals surface area contributed by atoms with Crippen molar-refractivity contribution in [3.63, 3.8) is 0 Å². The molecule has 0 atom stereocenters. The lowest BCUT2D eigenvalue weighted by Gasteiger charge is -2.19. The Morgan fingerprint density at radius 1 is 1.12 bits per heavy atom. The van der Waals surface area contributed by atoms with E-state index in [1.807, 2.05) is 44.3 Å². The van der Waals surface area contributed by atoms with Crippen molar-refractivity contribution in [2.75, 3.05) is 0 Å². The Balaban J connectivity index is 2.41. The van der Waals surface area contributed by atoms with Crippen molar-refractivity contribution in [2.45, 2.75) is 25.9 Å². The number of benzene rings is 1. The van der Waals surface area contributed by atoms with Crippen molar-refractivity contribution >= 4 is 0 Å². The molecule has 17 heavy (non-hydrogen) atoms. The predicted octanol–water partition coefficient (Wildman–Crippen LogP) is 3.06. The maximum atomic E-state index is 9.91. The van der Waals surface area contributed by atoms with E-state index in [1.165, 1.54) is 0 Å². The fourth-order valence-electron chi connectivity index (χ4n) is 1.93. The Morgan fingerprint density at radius 3 is 2.47 bits per heavy atom. The fraction of sp³-hybridized carbons (Fsp3) is 0.267. The van der Waals surface area contributed by atoms with Crippen molar-refractivity contribution < 1.29 is 5.11 Å². The monoisotopic (exact) mass is 227 g/mol. The van der Waals surface area contributed by atoms with Gasteiger partial charge in [0.25, 0.3) is 0 Å². The second-order valence-corrected chi connectivity index (χ2v) is 4.89. The summed E-state index contributed by atoms with van der Waals surface area (Å²) in [5.74, 6) is 0. The molecule has 0 bridgehead atoms. The zero-order valence-electron chi connectivity index (χ0n) is 10.2. The smallest absolute Gasteiger partial charge is 0.0632 e. The highest BCUT2D eigenvalue weighted by Gasteiger charge is 2.16. The molecule has 0 spiro atoms. The molecule has 2 rings (SSSR count). The molecule has 0 aliphatic carbocycles. The first-order valence-electron chi connectivity index (χ1n) is 5.77. The van der Waals surface area contributed by atoms with E-state index in [9.17, 15) is 5.11 Å². The average molecular weight is 227 g/mol. The van der Waals surface area contributed by atoms with Gasteiger partial charge in [0.05, 0.1) is 5.60 Å². The number of pyridine rings is 1. The van der Waals surface area contributed by atoms with E-state index in [4.69, 9.17) is 0 Å². The normalized spacial score (nSPS) is 11.5. The van der Waals surface area contributed by atoms with Gasteiger partial charge in [-0.3, -0.25) is 4.98 Å². The minimum Gasteiger partial charge on any atom is -0.390 e. The molecule has 0 saturated heterocycles. The SMILES string of the molecule is CC(C)(O)Cc1cnccc1-c1ccccc1. The van der Waals surface area contributed by atoms with Gasteiger partial charge in [-0.2, -0.15) is 0 Å². The number of hydrogen-bond acceptors (Lipinski definition) is 2. The first kappa shape index (κ1) is 11.8. The van der Waals surface area contributed by atoms with Gasteiger partial charge in [0, 0.05) is 18.8 Å². The van der Waals surface area contributed by atoms with Gasteiger partial charge in [0.15, 0.2) is 0 Å². The summed E-state index contributed by atoms with van der Waals surface area (Å²) in [6.07, 6.45) is 4.22. The molecule has 1 heterocycles. The second-order valence-electron chi connectivity index (χ2n) is 4.89. The van der Waals surface area contributed by atoms with E-state index in [2.05, 4.69) is 17.1 Å². The highest BCUT2D eigenvalue weighted by atomic mass is 16.3. The molecular weight excluding hydrogens is 210 g/mol. The topological polar surface area (TPSA) is 33.1 Å². The summed E-state index contributed by atoms with van der Waals surface area (Å²) in [5, 5.41) is 9.91. The molecule has 2 aromatic rings. The second kappa shape index (κ2) is 4.68. The van der Waals surface area contributed by atoms with Crippen LogP contribution in [0.1, 0.15) is 19.4 Å². The van der Waals surface area contributed by atoms with Gasteiger partial charge in [-0.05, 0) is 36.6 Å². The lowest BCUT2D eigenvalue weighted by atomic mass is 9.93. The quantitative estimate of drug-likeness (QED) is 0.874. The molecule has 1 aromatic heterocycles. The molecule has 0 saturated carbocycles. The van der Waals surface area contributed by atoms with E-state index in [-0.39, 0.29) is 0 Å². The lowest BCUT2D eigenvalue weighted by molar-refractivity contribution is 0.0810. The first-order chi connectivity index (χ1) is 8.06. The molecule has 88 valence electrons. The van der Waals surface area contributed by atoms with Crippen LogP contribution in [-0.2, 0) is 6.42 Å². The summed E-state index contributed by atoms with van der Waals surface area (Å²) >= 11 is 0. The Labute approximate surface area is 102 Å².